The summed E-state index contributed by atoms with van der Waals surface area (Å²) in [5.41, 5.74) is 15.6. The number of likely N-dealkylation sites (tertiary alicyclic amines) is 1. The molecule has 3 aromatic heterocycles. The minimum atomic E-state index is -0.0550. The number of aromatic amines is 1. The summed E-state index contributed by atoms with van der Waals surface area (Å²) in [6, 6.07) is 6.03. The van der Waals surface area contributed by atoms with Crippen LogP contribution in [0, 0.1) is 0 Å². The van der Waals surface area contributed by atoms with Crippen molar-refractivity contribution in [1.82, 2.24) is 29.6 Å². The molecule has 0 bridgehead atoms. The van der Waals surface area contributed by atoms with Gasteiger partial charge in [-0.15, -0.1) is 0 Å². The Balaban J connectivity index is 1.64. The Morgan fingerprint density at radius 3 is 2.97 bits per heavy atom. The number of anilines is 2. The van der Waals surface area contributed by atoms with Gasteiger partial charge in [0.05, 0.1) is 16.9 Å². The number of fused-ring (bicyclic) bond motifs is 2. The molecule has 5 N–H and O–H groups in total. The van der Waals surface area contributed by atoms with Crippen molar-refractivity contribution in [2.75, 3.05) is 24.6 Å². The highest BCUT2D eigenvalue weighted by molar-refractivity contribution is 6.02. The number of carbonyl (C=O) groups is 1. The van der Waals surface area contributed by atoms with E-state index in [2.05, 4.69) is 31.3 Å². The van der Waals surface area contributed by atoms with Gasteiger partial charge in [0.1, 0.15) is 17.8 Å². The lowest BCUT2D eigenvalue weighted by molar-refractivity contribution is -0.125. The molecule has 1 aliphatic heterocycles. The average Bonchev–Trinajstić information content (AvgIpc) is 3.45. The third-order valence-corrected chi connectivity index (χ3v) is 5.59. The fourth-order valence-electron chi connectivity index (χ4n) is 4.11. The van der Waals surface area contributed by atoms with E-state index in [1.165, 1.54) is 12.4 Å². The quantitative estimate of drug-likeness (QED) is 0.461. The maximum absolute atomic E-state index is 12.0. The van der Waals surface area contributed by atoms with E-state index in [0.717, 1.165) is 39.5 Å². The molecule has 1 unspecified atom stereocenters. The van der Waals surface area contributed by atoms with Gasteiger partial charge < -0.3 is 20.9 Å². The normalized spacial score (nSPS) is 16.7. The third kappa shape index (κ3) is 2.62. The molecule has 1 aliphatic rings. The molecule has 5 rings (SSSR count). The zero-order valence-electron chi connectivity index (χ0n) is 15.7. The van der Waals surface area contributed by atoms with E-state index >= 15 is 0 Å². The molecule has 0 spiro atoms. The highest BCUT2D eigenvalue weighted by Gasteiger charge is 2.28. The fraction of sp³-hybridized carbons (Fsp3) is 0.200. The van der Waals surface area contributed by atoms with Crippen molar-refractivity contribution in [2.45, 2.75) is 12.5 Å². The van der Waals surface area contributed by atoms with Crippen LogP contribution in [0.2, 0.25) is 0 Å². The zero-order valence-corrected chi connectivity index (χ0v) is 15.7. The van der Waals surface area contributed by atoms with Gasteiger partial charge in [-0.2, -0.15) is 5.10 Å². The Morgan fingerprint density at radius 2 is 2.14 bits per heavy atom. The first-order chi connectivity index (χ1) is 14.1. The van der Waals surface area contributed by atoms with Gasteiger partial charge in [-0.3, -0.25) is 9.89 Å². The van der Waals surface area contributed by atoms with Crippen LogP contribution in [0.5, 0.6) is 0 Å². The van der Waals surface area contributed by atoms with Gasteiger partial charge in [0.25, 0.3) is 0 Å². The summed E-state index contributed by atoms with van der Waals surface area (Å²) in [5.74, 6) is 0.834. The number of amides is 1. The Bertz CT molecular complexity index is 1270. The summed E-state index contributed by atoms with van der Waals surface area (Å²) in [6.45, 7) is 4.87. The number of nitrogen functional groups attached to an aromatic ring is 2. The second-order valence-electron chi connectivity index (χ2n) is 7.21. The lowest BCUT2D eigenvalue weighted by atomic mass is 10.0. The molecule has 9 nitrogen and oxygen atoms in total. The lowest BCUT2D eigenvalue weighted by Gasteiger charge is -2.15. The summed E-state index contributed by atoms with van der Waals surface area (Å²) in [4.78, 5) is 22.5. The van der Waals surface area contributed by atoms with E-state index in [9.17, 15) is 4.79 Å². The number of hydrogen-bond donors (Lipinski definition) is 3. The van der Waals surface area contributed by atoms with Crippen LogP contribution in [-0.4, -0.2) is 48.6 Å². The van der Waals surface area contributed by atoms with E-state index in [1.54, 1.807) is 4.90 Å². The van der Waals surface area contributed by atoms with Gasteiger partial charge in [0, 0.05) is 30.2 Å². The maximum Gasteiger partial charge on any atom is 0.246 e. The van der Waals surface area contributed by atoms with E-state index in [4.69, 9.17) is 11.5 Å². The Labute approximate surface area is 166 Å². The molecule has 4 aromatic rings. The largest absolute Gasteiger partial charge is 0.383 e. The monoisotopic (exact) mass is 388 g/mol. The fourth-order valence-corrected chi connectivity index (χ4v) is 4.11. The average molecular weight is 388 g/mol. The molecule has 1 atom stereocenters. The number of benzene rings is 1. The van der Waals surface area contributed by atoms with Crippen LogP contribution in [0.15, 0.2) is 43.4 Å². The van der Waals surface area contributed by atoms with Crippen molar-refractivity contribution in [1.29, 1.82) is 0 Å². The van der Waals surface area contributed by atoms with Gasteiger partial charge in [-0.1, -0.05) is 12.6 Å². The maximum atomic E-state index is 12.0. The highest BCUT2D eigenvalue weighted by atomic mass is 16.2. The van der Waals surface area contributed by atoms with E-state index in [1.807, 2.05) is 24.4 Å². The summed E-state index contributed by atoms with van der Waals surface area (Å²) in [6.07, 6.45) is 5.71. The smallest absolute Gasteiger partial charge is 0.246 e. The van der Waals surface area contributed by atoms with Gasteiger partial charge in [-0.25, -0.2) is 9.97 Å². The van der Waals surface area contributed by atoms with Gasteiger partial charge >= 0.3 is 0 Å². The Hall–Kier alpha value is -3.88. The number of H-pyrrole nitrogens is 1. The molecular weight excluding hydrogens is 368 g/mol. The Kier molecular flexibility index (Phi) is 3.76. The molecule has 29 heavy (non-hydrogen) atoms. The van der Waals surface area contributed by atoms with Crippen LogP contribution in [0.25, 0.3) is 33.1 Å². The van der Waals surface area contributed by atoms with Crippen molar-refractivity contribution >= 4 is 39.5 Å². The second-order valence-corrected chi connectivity index (χ2v) is 7.21. The van der Waals surface area contributed by atoms with Gasteiger partial charge in [0.15, 0.2) is 5.82 Å². The summed E-state index contributed by atoms with van der Waals surface area (Å²) < 4.78 is 2.10. The molecule has 1 amide bonds. The summed E-state index contributed by atoms with van der Waals surface area (Å²) in [7, 11) is 0. The van der Waals surface area contributed by atoms with Crippen molar-refractivity contribution in [3.63, 3.8) is 0 Å². The standard InChI is InChI=1S/C20H20N8O/c1-2-16(29)27-6-5-12(8-27)28-9-14(17-19(22)23-10-24-20(17)28)11-3-4-13-15(7-11)25-26-18(13)21/h2-4,7,9-10,12H,1,5-6,8H2,(H3,21,25,26)(H2,22,23,24). The molecule has 4 heterocycles. The molecular formula is C20H20N8O. The first-order valence-corrected chi connectivity index (χ1v) is 9.33. The predicted octanol–water partition coefficient (Wildman–Crippen LogP) is 2.10. The first kappa shape index (κ1) is 17.2. The topological polar surface area (TPSA) is 132 Å². The number of nitrogens with zero attached hydrogens (tertiary/aromatic N) is 5. The first-order valence-electron chi connectivity index (χ1n) is 9.33. The molecule has 0 radical (unpaired) electrons. The van der Waals surface area contributed by atoms with E-state index in [0.29, 0.717) is 24.7 Å². The number of hydrogen-bond acceptors (Lipinski definition) is 6. The van der Waals surface area contributed by atoms with Crippen molar-refractivity contribution in [2.24, 2.45) is 0 Å². The number of nitrogens with two attached hydrogens (primary N) is 2. The van der Waals surface area contributed by atoms with Crippen molar-refractivity contribution in [3.05, 3.63) is 43.4 Å². The number of carbonyl (C=O) groups excluding carboxylic acids is 1. The molecule has 146 valence electrons. The van der Waals surface area contributed by atoms with Crippen LogP contribution >= 0.6 is 0 Å². The number of rotatable bonds is 3. The second kappa shape index (κ2) is 6.33. The lowest BCUT2D eigenvalue weighted by Crippen LogP contribution is -2.27. The molecule has 1 aromatic carbocycles. The zero-order chi connectivity index (χ0) is 20.1. The summed E-state index contributed by atoms with van der Waals surface area (Å²) in [5, 5.41) is 8.68. The number of aromatic nitrogens is 5. The minimum absolute atomic E-state index is 0.0550. The van der Waals surface area contributed by atoms with Crippen molar-refractivity contribution < 1.29 is 4.79 Å². The van der Waals surface area contributed by atoms with Crippen molar-refractivity contribution in [3.8, 4) is 11.1 Å². The van der Waals surface area contributed by atoms with E-state index < -0.39 is 0 Å². The third-order valence-electron chi connectivity index (χ3n) is 5.59. The van der Waals surface area contributed by atoms with Crippen LogP contribution < -0.4 is 11.5 Å². The molecule has 0 aliphatic carbocycles. The molecule has 1 fully saturated rings. The van der Waals surface area contributed by atoms with Gasteiger partial charge in [-0.05, 0) is 30.2 Å². The van der Waals surface area contributed by atoms with Crippen LogP contribution in [0.4, 0.5) is 11.6 Å². The minimum Gasteiger partial charge on any atom is -0.383 e. The SMILES string of the molecule is C=CC(=O)N1CCC(n2cc(-c3ccc4c(N)n[nH]c4c3)c3c(N)ncnc32)C1. The van der Waals surface area contributed by atoms with Gasteiger partial charge in [0.2, 0.25) is 5.91 Å². The molecule has 1 saturated heterocycles. The van der Waals surface area contributed by atoms with E-state index in [-0.39, 0.29) is 11.9 Å². The van der Waals surface area contributed by atoms with Crippen LogP contribution in [0.1, 0.15) is 12.5 Å². The number of nitrogens with one attached hydrogen (secondary N) is 1. The predicted molar refractivity (Wildman–Crippen MR) is 112 cm³/mol. The van der Waals surface area contributed by atoms with Crippen LogP contribution in [-0.2, 0) is 4.79 Å². The molecule has 0 saturated carbocycles. The molecule has 9 heteroatoms. The van der Waals surface area contributed by atoms with Crippen LogP contribution in [0.3, 0.4) is 0 Å². The summed E-state index contributed by atoms with van der Waals surface area (Å²) >= 11 is 0. The highest BCUT2D eigenvalue weighted by Crippen LogP contribution is 2.37. The Morgan fingerprint density at radius 1 is 1.28 bits per heavy atom.